The van der Waals surface area contributed by atoms with Gasteiger partial charge in [-0.25, -0.2) is 8.42 Å². The van der Waals surface area contributed by atoms with Crippen LogP contribution in [0, 0.1) is 5.92 Å². The molecule has 1 unspecified atom stereocenters. The number of hydrogen-bond acceptors (Lipinski definition) is 5. The fraction of sp³-hybridized carbons (Fsp3) is 1.00. The summed E-state index contributed by atoms with van der Waals surface area (Å²) in [6.07, 6.45) is 10.2. The smallest absolute Gasteiger partial charge is 0.148 e. The van der Waals surface area contributed by atoms with E-state index in [0.29, 0.717) is 24.6 Å². The molecule has 0 aromatic carbocycles. The number of nitrogens with zero attached hydrogens (tertiary/aromatic N) is 2. The van der Waals surface area contributed by atoms with Crippen molar-refractivity contribution in [3.63, 3.8) is 0 Å². The fourth-order valence-electron chi connectivity index (χ4n) is 4.08. The van der Waals surface area contributed by atoms with Gasteiger partial charge in [-0.05, 0) is 77.8 Å². The van der Waals surface area contributed by atoms with Gasteiger partial charge in [-0.3, -0.25) is 4.90 Å². The first-order chi connectivity index (χ1) is 11.8. The van der Waals surface area contributed by atoms with Crippen LogP contribution < -0.4 is 0 Å². The Morgan fingerprint density at radius 2 is 1.80 bits per heavy atom. The van der Waals surface area contributed by atoms with Crippen molar-refractivity contribution < 1.29 is 13.2 Å². The maximum absolute atomic E-state index is 11.3. The molecule has 25 heavy (non-hydrogen) atoms. The first-order valence-electron chi connectivity index (χ1n) is 10.1. The lowest BCUT2D eigenvalue weighted by atomic mass is 9.92. The molecule has 0 aromatic rings. The van der Waals surface area contributed by atoms with Gasteiger partial charge >= 0.3 is 0 Å². The van der Waals surface area contributed by atoms with Crippen molar-refractivity contribution in [2.24, 2.45) is 5.92 Å². The zero-order chi connectivity index (χ0) is 18.3. The van der Waals surface area contributed by atoms with Gasteiger partial charge in [0.05, 0.1) is 5.75 Å². The predicted octanol–water partition coefficient (Wildman–Crippen LogP) is 2.76. The molecule has 2 rings (SSSR count). The van der Waals surface area contributed by atoms with Crippen LogP contribution in [0.3, 0.4) is 0 Å². The average molecular weight is 375 g/mol. The molecule has 0 N–H and O–H groups in total. The molecule has 5 nitrogen and oxygen atoms in total. The minimum atomic E-state index is -2.84. The molecule has 0 bridgehead atoms. The van der Waals surface area contributed by atoms with Crippen molar-refractivity contribution in [3.8, 4) is 0 Å². The van der Waals surface area contributed by atoms with Gasteiger partial charge in [-0.2, -0.15) is 0 Å². The molecule has 0 aromatic heterocycles. The van der Waals surface area contributed by atoms with E-state index in [2.05, 4.69) is 23.6 Å². The molecular formula is C19H38N2O3S. The fourth-order valence-corrected chi connectivity index (χ4v) is 4.67. The first-order valence-corrected chi connectivity index (χ1v) is 12.2. The number of rotatable bonds is 9. The molecule has 0 radical (unpaired) electrons. The lowest BCUT2D eigenvalue weighted by molar-refractivity contribution is -0.0944. The summed E-state index contributed by atoms with van der Waals surface area (Å²) in [5.41, 5.74) is 0. The van der Waals surface area contributed by atoms with E-state index in [1.807, 2.05) is 0 Å². The summed E-state index contributed by atoms with van der Waals surface area (Å²) >= 11 is 0. The summed E-state index contributed by atoms with van der Waals surface area (Å²) in [5, 5.41) is 0. The summed E-state index contributed by atoms with van der Waals surface area (Å²) in [5.74, 6) is 1.07. The maximum atomic E-state index is 11.3. The van der Waals surface area contributed by atoms with Gasteiger partial charge in [-0.1, -0.05) is 0 Å². The Morgan fingerprint density at radius 1 is 1.08 bits per heavy atom. The Kier molecular flexibility index (Phi) is 8.65. The van der Waals surface area contributed by atoms with Crippen LogP contribution in [0.5, 0.6) is 0 Å². The van der Waals surface area contributed by atoms with Gasteiger partial charge in [0.15, 0.2) is 0 Å². The molecular weight excluding hydrogens is 336 g/mol. The third-order valence-electron chi connectivity index (χ3n) is 5.70. The standard InChI is InChI=1S/C19H38N2O3S/c1-17(2)21-11-5-4-8-19(21)24-15-6-7-18-9-12-20(13-10-18)14-16-25(3,22)23/h17-19H,4-16H2,1-3H3. The Balaban J connectivity index is 1.57. The quantitative estimate of drug-likeness (QED) is 0.581. The molecule has 2 saturated heterocycles. The average Bonchev–Trinajstić information content (AvgIpc) is 2.57. The SMILES string of the molecule is CC(C)N1CCCCC1OCCCC1CCN(CCS(C)(=O)=O)CC1. The topological polar surface area (TPSA) is 49.9 Å². The number of hydrogen-bond donors (Lipinski definition) is 0. The van der Waals surface area contributed by atoms with Crippen molar-refractivity contribution in [1.82, 2.24) is 9.80 Å². The van der Waals surface area contributed by atoms with Crippen molar-refractivity contribution in [2.45, 2.75) is 71.1 Å². The largest absolute Gasteiger partial charge is 0.363 e. The molecule has 2 fully saturated rings. The monoisotopic (exact) mass is 374 g/mol. The van der Waals surface area contributed by atoms with Gasteiger partial charge < -0.3 is 9.64 Å². The summed E-state index contributed by atoms with van der Waals surface area (Å²) in [6.45, 7) is 9.37. The van der Waals surface area contributed by atoms with Crippen LogP contribution in [0.1, 0.15) is 58.8 Å². The zero-order valence-electron chi connectivity index (χ0n) is 16.5. The van der Waals surface area contributed by atoms with Crippen LogP contribution >= 0.6 is 0 Å². The van der Waals surface area contributed by atoms with Crippen LogP contribution in [-0.4, -0.2) is 75.3 Å². The molecule has 0 amide bonds. The van der Waals surface area contributed by atoms with Gasteiger partial charge in [0.2, 0.25) is 0 Å². The molecule has 2 heterocycles. The van der Waals surface area contributed by atoms with E-state index in [9.17, 15) is 8.42 Å². The van der Waals surface area contributed by atoms with Crippen LogP contribution in [-0.2, 0) is 14.6 Å². The highest BCUT2D eigenvalue weighted by molar-refractivity contribution is 7.90. The summed E-state index contributed by atoms with van der Waals surface area (Å²) in [7, 11) is -2.84. The number of ether oxygens (including phenoxy) is 1. The summed E-state index contributed by atoms with van der Waals surface area (Å²) in [6, 6.07) is 0.571. The highest BCUT2D eigenvalue weighted by atomic mass is 32.2. The van der Waals surface area contributed by atoms with E-state index in [-0.39, 0.29) is 0 Å². The van der Waals surface area contributed by atoms with Gasteiger partial charge in [0, 0.05) is 32.0 Å². The second-order valence-corrected chi connectivity index (χ2v) is 10.5. The zero-order valence-corrected chi connectivity index (χ0v) is 17.3. The minimum Gasteiger partial charge on any atom is -0.363 e. The van der Waals surface area contributed by atoms with Crippen molar-refractivity contribution >= 4 is 9.84 Å². The molecule has 0 spiro atoms. The molecule has 2 aliphatic rings. The second-order valence-electron chi connectivity index (χ2n) is 8.21. The second kappa shape index (κ2) is 10.2. The van der Waals surface area contributed by atoms with Crippen LogP contribution in [0.25, 0.3) is 0 Å². The van der Waals surface area contributed by atoms with Gasteiger partial charge in [-0.15, -0.1) is 0 Å². The van der Waals surface area contributed by atoms with Gasteiger partial charge in [0.25, 0.3) is 0 Å². The lowest BCUT2D eigenvalue weighted by Crippen LogP contribution is -2.45. The lowest BCUT2D eigenvalue weighted by Gasteiger charge is -2.38. The normalized spacial score (nSPS) is 24.9. The molecule has 0 saturated carbocycles. The highest BCUT2D eigenvalue weighted by Gasteiger charge is 2.25. The van der Waals surface area contributed by atoms with Crippen LogP contribution in [0.4, 0.5) is 0 Å². The van der Waals surface area contributed by atoms with Crippen LogP contribution in [0.2, 0.25) is 0 Å². The first kappa shape index (κ1) is 21.1. The van der Waals surface area contributed by atoms with E-state index >= 15 is 0 Å². The Hall–Kier alpha value is -0.170. The van der Waals surface area contributed by atoms with E-state index in [1.165, 1.54) is 51.3 Å². The van der Waals surface area contributed by atoms with Crippen LogP contribution in [0.15, 0.2) is 0 Å². The number of likely N-dealkylation sites (tertiary alicyclic amines) is 2. The summed E-state index contributed by atoms with van der Waals surface area (Å²) in [4.78, 5) is 4.81. The Labute approximate surface area is 155 Å². The maximum Gasteiger partial charge on any atom is 0.148 e. The predicted molar refractivity (Wildman–Crippen MR) is 104 cm³/mol. The van der Waals surface area contributed by atoms with E-state index in [1.54, 1.807) is 0 Å². The number of sulfone groups is 1. The molecule has 1 atom stereocenters. The minimum absolute atomic E-state index is 0.291. The van der Waals surface area contributed by atoms with Gasteiger partial charge in [0.1, 0.15) is 16.1 Å². The third-order valence-corrected chi connectivity index (χ3v) is 6.63. The Bertz CT molecular complexity index is 473. The van der Waals surface area contributed by atoms with E-state index in [0.717, 1.165) is 32.0 Å². The molecule has 6 heteroatoms. The van der Waals surface area contributed by atoms with Crippen molar-refractivity contribution in [2.75, 3.05) is 44.8 Å². The van der Waals surface area contributed by atoms with Crippen molar-refractivity contribution in [1.29, 1.82) is 0 Å². The van der Waals surface area contributed by atoms with Crippen molar-refractivity contribution in [3.05, 3.63) is 0 Å². The number of piperidine rings is 2. The van der Waals surface area contributed by atoms with E-state index < -0.39 is 9.84 Å². The molecule has 148 valence electrons. The third kappa shape index (κ3) is 7.94. The highest BCUT2D eigenvalue weighted by Crippen LogP contribution is 2.24. The summed E-state index contributed by atoms with van der Waals surface area (Å²) < 4.78 is 28.7. The molecule has 0 aliphatic carbocycles. The Morgan fingerprint density at radius 3 is 2.44 bits per heavy atom. The molecule has 2 aliphatic heterocycles. The van der Waals surface area contributed by atoms with E-state index in [4.69, 9.17) is 4.74 Å².